The van der Waals surface area contributed by atoms with E-state index in [4.69, 9.17) is 29.4 Å². The monoisotopic (exact) mass is 467 g/mol. The van der Waals surface area contributed by atoms with Gasteiger partial charge in [0.15, 0.2) is 11.5 Å². The molecule has 33 heavy (non-hydrogen) atoms. The van der Waals surface area contributed by atoms with Crippen molar-refractivity contribution in [3.05, 3.63) is 23.8 Å². The minimum atomic E-state index is -1.04. The molecule has 0 saturated heterocycles. The van der Waals surface area contributed by atoms with Crippen LogP contribution in [-0.2, 0) is 35.0 Å². The number of unbranched alkanes of at least 4 members (excludes halogenated alkanes) is 2. The van der Waals surface area contributed by atoms with E-state index < -0.39 is 42.3 Å². The Labute approximate surface area is 193 Å². The van der Waals surface area contributed by atoms with Crippen molar-refractivity contribution in [3.8, 4) is 11.5 Å². The molecule has 3 atom stereocenters. The molecule has 0 unspecified atom stereocenters. The number of hydrogen-bond acceptors (Lipinski definition) is 10. The Hall–Kier alpha value is -3.14. The zero-order valence-corrected chi connectivity index (χ0v) is 19.8. The summed E-state index contributed by atoms with van der Waals surface area (Å²) >= 11 is 0. The van der Waals surface area contributed by atoms with E-state index in [-0.39, 0.29) is 24.5 Å². The summed E-state index contributed by atoms with van der Waals surface area (Å²) in [5.74, 6) is -1.78. The number of rotatable bonds is 12. The van der Waals surface area contributed by atoms with Gasteiger partial charge in [-0.05, 0) is 44.4 Å². The first kappa shape index (κ1) is 27.9. The summed E-state index contributed by atoms with van der Waals surface area (Å²) in [5, 5.41) is 0. The summed E-state index contributed by atoms with van der Waals surface area (Å²) in [4.78, 5) is 46.7. The molecule has 1 aromatic carbocycles. The third-order valence-corrected chi connectivity index (χ3v) is 4.49. The van der Waals surface area contributed by atoms with Crippen LogP contribution in [-0.4, -0.2) is 48.9 Å². The lowest BCUT2D eigenvalue weighted by atomic mass is 10.1. The van der Waals surface area contributed by atoms with Crippen molar-refractivity contribution in [2.24, 2.45) is 5.73 Å². The maximum atomic E-state index is 12.4. The predicted molar refractivity (Wildman–Crippen MR) is 118 cm³/mol. The fraction of sp³-hybridized carbons (Fsp3) is 0.565. The minimum Gasteiger partial charge on any atom is -0.458 e. The average Bonchev–Trinajstić information content (AvgIpc) is 2.72. The summed E-state index contributed by atoms with van der Waals surface area (Å²) in [6.07, 6.45) is 0.451. The van der Waals surface area contributed by atoms with Gasteiger partial charge in [-0.1, -0.05) is 25.8 Å². The maximum absolute atomic E-state index is 12.4. The van der Waals surface area contributed by atoms with Gasteiger partial charge in [0.05, 0.1) is 6.61 Å². The van der Waals surface area contributed by atoms with Crippen LogP contribution in [0.4, 0.5) is 4.79 Å². The van der Waals surface area contributed by atoms with Crippen LogP contribution >= 0.6 is 0 Å². The third-order valence-electron chi connectivity index (χ3n) is 4.49. The Morgan fingerprint density at radius 1 is 0.909 bits per heavy atom. The van der Waals surface area contributed by atoms with Crippen LogP contribution in [0.2, 0.25) is 0 Å². The highest BCUT2D eigenvalue weighted by atomic mass is 16.7. The van der Waals surface area contributed by atoms with Crippen LogP contribution in [0.3, 0.4) is 0 Å². The first-order valence-electron chi connectivity index (χ1n) is 10.8. The summed E-state index contributed by atoms with van der Waals surface area (Å²) in [6.45, 7) is 7.89. The molecule has 0 heterocycles. The number of benzene rings is 1. The lowest BCUT2D eigenvalue weighted by molar-refractivity contribution is -0.155. The van der Waals surface area contributed by atoms with E-state index in [2.05, 4.69) is 0 Å². The molecule has 1 rings (SSSR count). The molecule has 0 radical (unpaired) electrons. The Balaban J connectivity index is 2.65. The van der Waals surface area contributed by atoms with Crippen LogP contribution < -0.4 is 15.2 Å². The first-order chi connectivity index (χ1) is 15.5. The van der Waals surface area contributed by atoms with Gasteiger partial charge in [-0.2, -0.15) is 0 Å². The van der Waals surface area contributed by atoms with Crippen molar-refractivity contribution in [3.63, 3.8) is 0 Å². The van der Waals surface area contributed by atoms with Crippen molar-refractivity contribution in [1.29, 1.82) is 0 Å². The normalized spacial score (nSPS) is 13.3. The van der Waals surface area contributed by atoms with Gasteiger partial charge in [0.2, 0.25) is 0 Å². The quantitative estimate of drug-likeness (QED) is 0.277. The smallest absolute Gasteiger partial charge is 0.458 e. The van der Waals surface area contributed by atoms with E-state index in [0.29, 0.717) is 5.56 Å². The number of nitrogens with two attached hydrogens (primary N) is 1. The summed E-state index contributed by atoms with van der Waals surface area (Å²) in [5.41, 5.74) is 6.52. The molecule has 0 aliphatic rings. The topological polar surface area (TPSA) is 140 Å². The first-order valence-corrected chi connectivity index (χ1v) is 10.8. The highest BCUT2D eigenvalue weighted by Crippen LogP contribution is 2.29. The molecule has 0 spiro atoms. The zero-order chi connectivity index (χ0) is 25.0. The van der Waals surface area contributed by atoms with Gasteiger partial charge in [-0.3, -0.25) is 14.4 Å². The van der Waals surface area contributed by atoms with Gasteiger partial charge in [-0.25, -0.2) is 4.79 Å². The molecule has 10 heteroatoms. The average molecular weight is 468 g/mol. The van der Waals surface area contributed by atoms with Gasteiger partial charge >= 0.3 is 24.1 Å². The second-order valence-electron chi connectivity index (χ2n) is 7.55. The van der Waals surface area contributed by atoms with Crippen LogP contribution in [0.15, 0.2) is 18.2 Å². The summed E-state index contributed by atoms with van der Waals surface area (Å²) in [7, 11) is 0. The van der Waals surface area contributed by atoms with Crippen molar-refractivity contribution in [1.82, 2.24) is 0 Å². The maximum Gasteiger partial charge on any atom is 0.508 e. The van der Waals surface area contributed by atoms with E-state index in [1.807, 2.05) is 6.92 Å². The molecule has 0 fully saturated rings. The van der Waals surface area contributed by atoms with E-state index >= 15 is 0 Å². The molecule has 2 N–H and O–H groups in total. The lowest BCUT2D eigenvalue weighted by Crippen LogP contribution is -2.39. The van der Waals surface area contributed by atoms with Gasteiger partial charge in [0, 0.05) is 13.8 Å². The van der Waals surface area contributed by atoms with Crippen molar-refractivity contribution in [2.75, 3.05) is 6.61 Å². The van der Waals surface area contributed by atoms with Gasteiger partial charge in [-0.15, -0.1) is 0 Å². The molecule has 0 amide bonds. The van der Waals surface area contributed by atoms with E-state index in [1.54, 1.807) is 19.9 Å². The fourth-order valence-electron chi connectivity index (χ4n) is 2.65. The molecule has 0 aliphatic carbocycles. The molecule has 0 aromatic heterocycles. The number of esters is 3. The van der Waals surface area contributed by atoms with Crippen molar-refractivity contribution in [2.45, 2.75) is 78.6 Å². The predicted octanol–water partition coefficient (Wildman–Crippen LogP) is 3.07. The fourth-order valence-corrected chi connectivity index (χ4v) is 2.65. The third kappa shape index (κ3) is 10.8. The second kappa shape index (κ2) is 14.1. The van der Waals surface area contributed by atoms with E-state index in [1.165, 1.54) is 26.0 Å². The Morgan fingerprint density at radius 3 is 2.12 bits per heavy atom. The minimum absolute atomic E-state index is 0.0311. The molecule has 1 aromatic rings. The van der Waals surface area contributed by atoms with Crippen molar-refractivity contribution < 1.29 is 42.9 Å². The molecule has 0 aliphatic heterocycles. The summed E-state index contributed by atoms with van der Waals surface area (Å²) < 4.78 is 25.5. The molecule has 0 bridgehead atoms. The Bertz CT molecular complexity index is 824. The van der Waals surface area contributed by atoms with Crippen LogP contribution in [0.25, 0.3) is 0 Å². The zero-order valence-electron chi connectivity index (χ0n) is 19.8. The number of hydrogen-bond donors (Lipinski definition) is 1. The van der Waals surface area contributed by atoms with Crippen LogP contribution in [0.5, 0.6) is 11.5 Å². The molecule has 184 valence electrons. The number of carbonyl (C=O) groups is 4. The number of carbonyl (C=O) groups excluding carboxylic acids is 4. The SMILES string of the molecule is CCCCCOC(=O)O[C@@H](C)[C@H](C)OC(=O)[C@@H](N)Cc1ccc(OC(C)=O)c(OC(C)=O)c1. The van der Waals surface area contributed by atoms with Crippen LogP contribution in [0.1, 0.15) is 59.4 Å². The highest BCUT2D eigenvalue weighted by molar-refractivity contribution is 5.76. The molecule has 0 saturated carbocycles. The molecule has 10 nitrogen and oxygen atoms in total. The largest absolute Gasteiger partial charge is 0.508 e. The van der Waals surface area contributed by atoms with Gasteiger partial charge < -0.3 is 29.4 Å². The molecular formula is C23H33NO9. The van der Waals surface area contributed by atoms with Gasteiger partial charge in [0.25, 0.3) is 0 Å². The van der Waals surface area contributed by atoms with Crippen molar-refractivity contribution >= 4 is 24.1 Å². The van der Waals surface area contributed by atoms with Crippen LogP contribution in [0, 0.1) is 0 Å². The number of ether oxygens (including phenoxy) is 5. The lowest BCUT2D eigenvalue weighted by Gasteiger charge is -2.22. The molecular weight excluding hydrogens is 434 g/mol. The Morgan fingerprint density at radius 2 is 1.52 bits per heavy atom. The van der Waals surface area contributed by atoms with E-state index in [0.717, 1.165) is 19.3 Å². The second-order valence-corrected chi connectivity index (χ2v) is 7.55. The standard InChI is InChI=1S/C23H33NO9/c1-6-7-8-11-29-23(28)31-15(3)14(2)30-22(27)19(24)12-18-9-10-20(32-16(4)25)21(13-18)33-17(5)26/h9-10,13-15,19H,6-8,11-12,24H2,1-5H3/t14-,15-,19-/m0/s1. The van der Waals surface area contributed by atoms with E-state index in [9.17, 15) is 19.2 Å². The highest BCUT2D eigenvalue weighted by Gasteiger charge is 2.25. The Kier molecular flexibility index (Phi) is 11.9. The van der Waals surface area contributed by atoms with Gasteiger partial charge in [0.1, 0.15) is 18.2 Å². The summed E-state index contributed by atoms with van der Waals surface area (Å²) in [6, 6.07) is 3.45.